The summed E-state index contributed by atoms with van der Waals surface area (Å²) < 4.78 is 5.94. The number of aromatic nitrogens is 1. The van der Waals surface area contributed by atoms with Gasteiger partial charge in [-0.2, -0.15) is 0 Å². The van der Waals surface area contributed by atoms with Crippen molar-refractivity contribution in [2.75, 3.05) is 25.4 Å². The van der Waals surface area contributed by atoms with Crippen molar-refractivity contribution < 1.29 is 9.53 Å². The summed E-state index contributed by atoms with van der Waals surface area (Å²) in [6.07, 6.45) is 1.40. The molecule has 2 aliphatic heterocycles. The number of para-hydroxylation sites is 1. The van der Waals surface area contributed by atoms with E-state index in [1.807, 2.05) is 60.0 Å². The fraction of sp³-hybridized carbons (Fsp3) is 0.444. The Morgan fingerprint density at radius 2 is 2.17 bits per heavy atom. The molecular formula is C18H20N2O2S. The summed E-state index contributed by atoms with van der Waals surface area (Å²) in [7, 11) is 0. The monoisotopic (exact) mass is 328 g/mol. The van der Waals surface area contributed by atoms with Crippen LogP contribution in [0.5, 0.6) is 0 Å². The number of amides is 1. The van der Waals surface area contributed by atoms with Crippen molar-refractivity contribution in [3.63, 3.8) is 0 Å². The van der Waals surface area contributed by atoms with Crippen LogP contribution in [0, 0.1) is 0 Å². The van der Waals surface area contributed by atoms with Gasteiger partial charge in [0.1, 0.15) is 5.69 Å². The van der Waals surface area contributed by atoms with Crippen LogP contribution >= 0.6 is 11.8 Å². The summed E-state index contributed by atoms with van der Waals surface area (Å²) in [5, 5.41) is 1.06. The van der Waals surface area contributed by atoms with Gasteiger partial charge >= 0.3 is 0 Å². The highest BCUT2D eigenvalue weighted by Gasteiger charge is 2.51. The van der Waals surface area contributed by atoms with E-state index in [-0.39, 0.29) is 10.7 Å². The maximum absolute atomic E-state index is 12.6. The SMILES string of the molecule is CCOC1CSC2(C1)CN(C(=O)c1ccc3ccccc3n1)C2. The van der Waals surface area contributed by atoms with Gasteiger partial charge in [0.05, 0.1) is 16.4 Å². The van der Waals surface area contributed by atoms with E-state index in [0.717, 1.165) is 42.8 Å². The quantitative estimate of drug-likeness (QED) is 0.869. The number of likely N-dealkylation sites (tertiary alicyclic amines) is 1. The molecule has 4 nitrogen and oxygen atoms in total. The molecule has 3 heterocycles. The Bertz CT molecular complexity index is 743. The Labute approximate surface area is 140 Å². The van der Waals surface area contributed by atoms with E-state index in [0.29, 0.717) is 11.8 Å². The second-order valence-electron chi connectivity index (χ2n) is 6.33. The molecule has 2 aromatic rings. The average Bonchev–Trinajstić information content (AvgIpc) is 2.97. The molecule has 0 bridgehead atoms. The highest BCUT2D eigenvalue weighted by molar-refractivity contribution is 8.01. The fourth-order valence-electron chi connectivity index (χ4n) is 3.51. The fourth-order valence-corrected chi connectivity index (χ4v) is 5.06. The van der Waals surface area contributed by atoms with Crippen molar-refractivity contribution in [1.82, 2.24) is 9.88 Å². The third-order valence-electron chi connectivity index (χ3n) is 4.64. The first kappa shape index (κ1) is 15.0. The number of hydrogen-bond acceptors (Lipinski definition) is 4. The summed E-state index contributed by atoms with van der Waals surface area (Å²) >= 11 is 1.96. The van der Waals surface area contributed by atoms with E-state index in [2.05, 4.69) is 4.98 Å². The summed E-state index contributed by atoms with van der Waals surface area (Å²) in [6, 6.07) is 11.7. The number of benzene rings is 1. The van der Waals surface area contributed by atoms with Crippen LogP contribution in [0.3, 0.4) is 0 Å². The molecule has 0 saturated carbocycles. The molecule has 0 N–H and O–H groups in total. The van der Waals surface area contributed by atoms with Crippen LogP contribution in [0.15, 0.2) is 36.4 Å². The lowest BCUT2D eigenvalue weighted by molar-refractivity contribution is 0.0356. The molecule has 2 aliphatic rings. The van der Waals surface area contributed by atoms with E-state index in [1.165, 1.54) is 0 Å². The topological polar surface area (TPSA) is 42.4 Å². The lowest BCUT2D eigenvalue weighted by Gasteiger charge is -2.47. The van der Waals surface area contributed by atoms with Crippen molar-refractivity contribution in [2.24, 2.45) is 0 Å². The van der Waals surface area contributed by atoms with Gasteiger partial charge in [-0.15, -0.1) is 11.8 Å². The van der Waals surface area contributed by atoms with E-state index in [1.54, 1.807) is 0 Å². The van der Waals surface area contributed by atoms with Gasteiger partial charge in [0.15, 0.2) is 0 Å². The van der Waals surface area contributed by atoms with Gasteiger partial charge in [0.2, 0.25) is 0 Å². The first-order chi connectivity index (χ1) is 11.2. The zero-order chi connectivity index (χ0) is 15.9. The number of carbonyl (C=O) groups excluding carboxylic acids is 1. The largest absolute Gasteiger partial charge is 0.378 e. The van der Waals surface area contributed by atoms with Gasteiger partial charge in [0.25, 0.3) is 5.91 Å². The number of fused-ring (bicyclic) bond motifs is 1. The second-order valence-corrected chi connectivity index (χ2v) is 7.81. The third kappa shape index (κ3) is 2.72. The maximum Gasteiger partial charge on any atom is 0.272 e. The number of carbonyl (C=O) groups is 1. The molecule has 1 aromatic heterocycles. The highest BCUT2D eigenvalue weighted by atomic mass is 32.2. The second kappa shape index (κ2) is 5.80. The lowest BCUT2D eigenvalue weighted by Crippen LogP contribution is -2.60. The Morgan fingerprint density at radius 3 is 3.00 bits per heavy atom. The zero-order valence-corrected chi connectivity index (χ0v) is 14.0. The molecule has 23 heavy (non-hydrogen) atoms. The van der Waals surface area contributed by atoms with Crippen LogP contribution in [-0.4, -0.2) is 52.1 Å². The Balaban J connectivity index is 1.44. The number of ether oxygens (including phenoxy) is 1. The molecule has 1 spiro atoms. The standard InChI is InChI=1S/C18H20N2O2S/c1-2-22-14-9-18(23-10-14)11-20(12-18)17(21)16-8-7-13-5-3-4-6-15(13)19-16/h3-8,14H,2,9-12H2,1H3. The van der Waals surface area contributed by atoms with Gasteiger partial charge in [-0.25, -0.2) is 4.98 Å². The van der Waals surface area contributed by atoms with Crippen molar-refractivity contribution in [3.8, 4) is 0 Å². The molecule has 1 atom stereocenters. The number of hydrogen-bond donors (Lipinski definition) is 0. The minimum atomic E-state index is 0.0434. The normalized spacial score (nSPS) is 22.5. The van der Waals surface area contributed by atoms with Crippen LogP contribution in [0.25, 0.3) is 10.9 Å². The molecule has 0 aliphatic carbocycles. The van der Waals surface area contributed by atoms with Crippen molar-refractivity contribution in [2.45, 2.75) is 24.2 Å². The molecule has 120 valence electrons. The van der Waals surface area contributed by atoms with Gasteiger partial charge in [0, 0.05) is 30.8 Å². The summed E-state index contributed by atoms with van der Waals surface area (Å²) in [6.45, 7) is 4.44. The van der Waals surface area contributed by atoms with Gasteiger partial charge in [-0.1, -0.05) is 24.3 Å². The highest BCUT2D eigenvalue weighted by Crippen LogP contribution is 2.46. The number of pyridine rings is 1. The Kier molecular flexibility index (Phi) is 3.77. The third-order valence-corrected chi connectivity index (χ3v) is 6.22. The Morgan fingerprint density at radius 1 is 1.35 bits per heavy atom. The molecular weight excluding hydrogens is 308 g/mol. The number of nitrogens with zero attached hydrogens (tertiary/aromatic N) is 2. The van der Waals surface area contributed by atoms with E-state index >= 15 is 0 Å². The maximum atomic E-state index is 12.6. The molecule has 0 radical (unpaired) electrons. The van der Waals surface area contributed by atoms with Crippen molar-refractivity contribution in [3.05, 3.63) is 42.1 Å². The smallest absolute Gasteiger partial charge is 0.272 e. The van der Waals surface area contributed by atoms with Crippen LogP contribution in [-0.2, 0) is 4.74 Å². The van der Waals surface area contributed by atoms with Crippen LogP contribution < -0.4 is 0 Å². The van der Waals surface area contributed by atoms with Crippen molar-refractivity contribution in [1.29, 1.82) is 0 Å². The molecule has 1 aromatic carbocycles. The van der Waals surface area contributed by atoms with Crippen molar-refractivity contribution >= 4 is 28.6 Å². The van der Waals surface area contributed by atoms with E-state index < -0.39 is 0 Å². The lowest BCUT2D eigenvalue weighted by atomic mass is 9.92. The molecule has 4 rings (SSSR count). The molecule has 1 amide bonds. The van der Waals surface area contributed by atoms with E-state index in [4.69, 9.17) is 4.74 Å². The average molecular weight is 328 g/mol. The Hall–Kier alpha value is -1.59. The first-order valence-electron chi connectivity index (χ1n) is 8.10. The van der Waals surface area contributed by atoms with Crippen LogP contribution in [0.4, 0.5) is 0 Å². The predicted molar refractivity (Wildman–Crippen MR) is 92.9 cm³/mol. The van der Waals surface area contributed by atoms with Crippen LogP contribution in [0.1, 0.15) is 23.8 Å². The number of rotatable bonds is 3. The van der Waals surface area contributed by atoms with Gasteiger partial charge in [-0.3, -0.25) is 4.79 Å². The first-order valence-corrected chi connectivity index (χ1v) is 9.08. The van der Waals surface area contributed by atoms with E-state index in [9.17, 15) is 4.79 Å². The molecule has 5 heteroatoms. The minimum absolute atomic E-state index is 0.0434. The predicted octanol–water partition coefficient (Wildman–Crippen LogP) is 2.97. The molecule has 2 fully saturated rings. The number of thioether (sulfide) groups is 1. The molecule has 2 saturated heterocycles. The summed E-state index contributed by atoms with van der Waals surface area (Å²) in [5.74, 6) is 1.09. The summed E-state index contributed by atoms with van der Waals surface area (Å²) in [5.41, 5.74) is 1.42. The van der Waals surface area contributed by atoms with Gasteiger partial charge in [-0.05, 0) is 25.5 Å². The zero-order valence-electron chi connectivity index (χ0n) is 13.2. The van der Waals surface area contributed by atoms with Crippen LogP contribution in [0.2, 0.25) is 0 Å². The molecule has 1 unspecified atom stereocenters. The summed E-state index contributed by atoms with van der Waals surface area (Å²) in [4.78, 5) is 19.1. The van der Waals surface area contributed by atoms with Gasteiger partial charge < -0.3 is 9.64 Å². The minimum Gasteiger partial charge on any atom is -0.378 e.